The lowest BCUT2D eigenvalue weighted by Crippen LogP contribution is -2.53. The van der Waals surface area contributed by atoms with Crippen LogP contribution >= 0.6 is 11.6 Å². The third kappa shape index (κ3) is 3.36. The van der Waals surface area contributed by atoms with Gasteiger partial charge in [0.15, 0.2) is 0 Å². The van der Waals surface area contributed by atoms with Crippen LogP contribution in [-0.4, -0.2) is 29.9 Å². The summed E-state index contributed by atoms with van der Waals surface area (Å²) < 4.78 is 0. The van der Waals surface area contributed by atoms with Crippen LogP contribution in [0.1, 0.15) is 17.2 Å². The van der Waals surface area contributed by atoms with E-state index in [1.54, 1.807) is 29.2 Å². The molecule has 0 saturated carbocycles. The van der Waals surface area contributed by atoms with Crippen molar-refractivity contribution in [1.82, 2.24) is 10.2 Å². The van der Waals surface area contributed by atoms with Gasteiger partial charge in [-0.2, -0.15) is 0 Å². The molecular formula is C18H18ClN3O2. The second kappa shape index (κ2) is 6.93. The fourth-order valence-electron chi connectivity index (χ4n) is 2.85. The lowest BCUT2D eigenvalue weighted by molar-refractivity contribution is -0.127. The van der Waals surface area contributed by atoms with Gasteiger partial charge >= 0.3 is 6.03 Å². The summed E-state index contributed by atoms with van der Waals surface area (Å²) in [5, 5.41) is 6.19. The zero-order valence-corrected chi connectivity index (χ0v) is 14.0. The first-order valence-electron chi connectivity index (χ1n) is 7.72. The van der Waals surface area contributed by atoms with Gasteiger partial charge in [-0.15, -0.1) is 0 Å². The Morgan fingerprint density at radius 1 is 1.25 bits per heavy atom. The molecule has 5 nitrogen and oxygen atoms in total. The van der Waals surface area contributed by atoms with Gasteiger partial charge in [0.25, 0.3) is 0 Å². The second-order valence-corrected chi connectivity index (χ2v) is 6.12. The van der Waals surface area contributed by atoms with Crippen molar-refractivity contribution >= 4 is 29.2 Å². The van der Waals surface area contributed by atoms with Gasteiger partial charge < -0.3 is 15.5 Å². The molecule has 0 aromatic heterocycles. The Labute approximate surface area is 145 Å². The van der Waals surface area contributed by atoms with Crippen LogP contribution < -0.4 is 10.6 Å². The highest BCUT2D eigenvalue weighted by Gasteiger charge is 2.35. The van der Waals surface area contributed by atoms with Crippen molar-refractivity contribution in [2.75, 3.05) is 18.4 Å². The second-order valence-electron chi connectivity index (χ2n) is 5.68. The molecule has 1 heterocycles. The van der Waals surface area contributed by atoms with Gasteiger partial charge in [-0.3, -0.25) is 4.79 Å². The molecule has 3 amide bonds. The van der Waals surface area contributed by atoms with E-state index in [0.29, 0.717) is 23.8 Å². The van der Waals surface area contributed by atoms with Crippen molar-refractivity contribution in [2.24, 2.45) is 0 Å². The number of anilines is 1. The largest absolute Gasteiger partial charge is 0.352 e. The topological polar surface area (TPSA) is 61.4 Å². The van der Waals surface area contributed by atoms with Crippen molar-refractivity contribution < 1.29 is 9.59 Å². The van der Waals surface area contributed by atoms with Crippen LogP contribution in [0, 0.1) is 6.92 Å². The number of benzene rings is 2. The molecule has 2 aromatic rings. The molecular weight excluding hydrogens is 326 g/mol. The predicted octanol–water partition coefficient (Wildman–Crippen LogP) is 3.35. The number of carbonyl (C=O) groups is 2. The van der Waals surface area contributed by atoms with Crippen LogP contribution in [0.4, 0.5) is 10.5 Å². The molecule has 124 valence electrons. The molecule has 0 bridgehead atoms. The molecule has 3 rings (SSSR count). The Morgan fingerprint density at radius 3 is 2.79 bits per heavy atom. The normalized spacial score (nSPS) is 17.3. The van der Waals surface area contributed by atoms with E-state index in [4.69, 9.17) is 11.6 Å². The minimum atomic E-state index is -0.640. The Balaban J connectivity index is 1.87. The van der Waals surface area contributed by atoms with Crippen LogP contribution in [0.15, 0.2) is 48.5 Å². The Kier molecular flexibility index (Phi) is 4.71. The summed E-state index contributed by atoms with van der Waals surface area (Å²) >= 11 is 5.95. The zero-order chi connectivity index (χ0) is 17.1. The minimum Gasteiger partial charge on any atom is -0.352 e. The number of nitrogens with one attached hydrogen (secondary N) is 2. The maximum atomic E-state index is 12.7. The number of amides is 3. The standard InChI is InChI=1S/C18H18ClN3O2/c1-12-5-2-3-8-15(12)16-17(23)20-9-10-22(16)18(24)21-14-7-4-6-13(19)11-14/h2-8,11,16H,9-10H2,1H3,(H,20,23)(H,21,24). The van der Waals surface area contributed by atoms with E-state index in [0.717, 1.165) is 11.1 Å². The highest BCUT2D eigenvalue weighted by atomic mass is 35.5. The number of urea groups is 1. The Hall–Kier alpha value is -2.53. The smallest absolute Gasteiger partial charge is 0.322 e. The monoisotopic (exact) mass is 343 g/mol. The molecule has 1 unspecified atom stereocenters. The summed E-state index contributed by atoms with van der Waals surface area (Å²) in [6.45, 7) is 2.81. The van der Waals surface area contributed by atoms with E-state index in [9.17, 15) is 9.59 Å². The average Bonchev–Trinajstić information content (AvgIpc) is 2.55. The quantitative estimate of drug-likeness (QED) is 0.878. The summed E-state index contributed by atoms with van der Waals surface area (Å²) in [6, 6.07) is 13.6. The number of aryl methyl sites for hydroxylation is 1. The van der Waals surface area contributed by atoms with Gasteiger partial charge in [0.05, 0.1) is 0 Å². The summed E-state index contributed by atoms with van der Waals surface area (Å²) in [4.78, 5) is 26.7. The fourth-order valence-corrected chi connectivity index (χ4v) is 3.04. The molecule has 2 aromatic carbocycles. The lowest BCUT2D eigenvalue weighted by Gasteiger charge is -2.35. The maximum Gasteiger partial charge on any atom is 0.322 e. The lowest BCUT2D eigenvalue weighted by atomic mass is 9.98. The molecule has 1 aliphatic heterocycles. The molecule has 6 heteroatoms. The van der Waals surface area contributed by atoms with Crippen LogP contribution in [0.5, 0.6) is 0 Å². The first kappa shape index (κ1) is 16.3. The van der Waals surface area contributed by atoms with Crippen molar-refractivity contribution in [3.05, 3.63) is 64.7 Å². The number of piperazine rings is 1. The molecule has 1 fully saturated rings. The molecule has 0 aliphatic carbocycles. The van der Waals surface area contributed by atoms with Crippen LogP contribution in [0.2, 0.25) is 5.02 Å². The molecule has 1 atom stereocenters. The first-order valence-corrected chi connectivity index (χ1v) is 8.10. The highest BCUT2D eigenvalue weighted by Crippen LogP contribution is 2.27. The SMILES string of the molecule is Cc1ccccc1C1C(=O)NCCN1C(=O)Nc1cccc(Cl)c1. The van der Waals surface area contributed by atoms with Crippen molar-refractivity contribution in [1.29, 1.82) is 0 Å². The van der Waals surface area contributed by atoms with Crippen LogP contribution in [0.3, 0.4) is 0 Å². The Morgan fingerprint density at radius 2 is 2.04 bits per heavy atom. The fraction of sp³-hybridized carbons (Fsp3) is 0.222. The third-order valence-electron chi connectivity index (χ3n) is 4.03. The van der Waals surface area contributed by atoms with Crippen molar-refractivity contribution in [3.8, 4) is 0 Å². The van der Waals surface area contributed by atoms with E-state index in [-0.39, 0.29) is 11.9 Å². The molecule has 1 aliphatic rings. The number of halogens is 1. The molecule has 2 N–H and O–H groups in total. The Bertz CT molecular complexity index is 778. The number of hydrogen-bond donors (Lipinski definition) is 2. The van der Waals surface area contributed by atoms with Crippen molar-refractivity contribution in [2.45, 2.75) is 13.0 Å². The van der Waals surface area contributed by atoms with Crippen LogP contribution in [0.25, 0.3) is 0 Å². The summed E-state index contributed by atoms with van der Waals surface area (Å²) in [6.07, 6.45) is 0. The number of nitrogens with zero attached hydrogens (tertiary/aromatic N) is 1. The van der Waals surface area contributed by atoms with Gasteiger partial charge in [0.1, 0.15) is 6.04 Å². The number of hydrogen-bond acceptors (Lipinski definition) is 2. The van der Waals surface area contributed by atoms with E-state index >= 15 is 0 Å². The number of rotatable bonds is 2. The van der Waals surface area contributed by atoms with Gasteiger partial charge in [-0.05, 0) is 36.2 Å². The van der Waals surface area contributed by atoms with Gasteiger partial charge in [0.2, 0.25) is 5.91 Å². The van der Waals surface area contributed by atoms with Gasteiger partial charge in [0, 0.05) is 23.8 Å². The van der Waals surface area contributed by atoms with Crippen LogP contribution in [-0.2, 0) is 4.79 Å². The van der Waals surface area contributed by atoms with E-state index in [2.05, 4.69) is 10.6 Å². The third-order valence-corrected chi connectivity index (χ3v) is 4.27. The summed E-state index contributed by atoms with van der Waals surface area (Å²) in [5.41, 5.74) is 2.40. The molecule has 1 saturated heterocycles. The first-order chi connectivity index (χ1) is 11.6. The minimum absolute atomic E-state index is 0.170. The molecule has 0 spiro atoms. The zero-order valence-electron chi connectivity index (χ0n) is 13.3. The average molecular weight is 344 g/mol. The van der Waals surface area contributed by atoms with E-state index in [1.807, 2.05) is 31.2 Å². The predicted molar refractivity (Wildman–Crippen MR) is 94.1 cm³/mol. The van der Waals surface area contributed by atoms with Gasteiger partial charge in [-0.25, -0.2) is 4.79 Å². The van der Waals surface area contributed by atoms with Gasteiger partial charge in [-0.1, -0.05) is 41.9 Å². The summed E-state index contributed by atoms with van der Waals surface area (Å²) in [5.74, 6) is -0.170. The maximum absolute atomic E-state index is 12.7. The van der Waals surface area contributed by atoms with Crippen molar-refractivity contribution in [3.63, 3.8) is 0 Å². The highest BCUT2D eigenvalue weighted by molar-refractivity contribution is 6.30. The van der Waals surface area contributed by atoms with E-state index in [1.165, 1.54) is 0 Å². The molecule has 24 heavy (non-hydrogen) atoms. The number of carbonyl (C=O) groups excluding carboxylic acids is 2. The van der Waals surface area contributed by atoms with E-state index < -0.39 is 6.04 Å². The summed E-state index contributed by atoms with van der Waals surface area (Å²) in [7, 11) is 0. The molecule has 0 radical (unpaired) electrons.